The zero-order valence-corrected chi connectivity index (χ0v) is 17.1. The molecule has 0 saturated carbocycles. The predicted octanol–water partition coefficient (Wildman–Crippen LogP) is 2.55. The number of amides is 2. The highest BCUT2D eigenvalue weighted by Crippen LogP contribution is 2.38. The Morgan fingerprint density at radius 2 is 1.62 bits per heavy atom. The Hall–Kier alpha value is -3.53. The lowest BCUT2D eigenvalue weighted by atomic mass is 10.1. The van der Waals surface area contributed by atoms with Gasteiger partial charge in [0.25, 0.3) is 11.8 Å². The number of nitrogens with one attached hydrogen (secondary N) is 3. The summed E-state index contributed by atoms with van der Waals surface area (Å²) < 4.78 is 15.7. The number of aromatic nitrogens is 2. The van der Waals surface area contributed by atoms with Gasteiger partial charge in [-0.25, -0.2) is 0 Å². The van der Waals surface area contributed by atoms with Gasteiger partial charge in [0.2, 0.25) is 5.75 Å². The summed E-state index contributed by atoms with van der Waals surface area (Å²) in [4.78, 5) is 26.9. The summed E-state index contributed by atoms with van der Waals surface area (Å²) >= 11 is 1.58. The molecule has 0 fully saturated rings. The van der Waals surface area contributed by atoms with Crippen molar-refractivity contribution >= 4 is 23.2 Å². The van der Waals surface area contributed by atoms with E-state index in [9.17, 15) is 9.59 Å². The van der Waals surface area contributed by atoms with Gasteiger partial charge in [-0.05, 0) is 37.3 Å². The van der Waals surface area contributed by atoms with Crippen LogP contribution in [0.4, 0.5) is 0 Å². The second-order valence-electron chi connectivity index (χ2n) is 5.90. The topological polar surface area (TPSA) is 115 Å². The zero-order chi connectivity index (χ0) is 21.0. The van der Waals surface area contributed by atoms with E-state index in [-0.39, 0.29) is 11.3 Å². The largest absolute Gasteiger partial charge is 0.493 e. The van der Waals surface area contributed by atoms with E-state index in [1.54, 1.807) is 17.4 Å². The Bertz CT molecular complexity index is 1020. The van der Waals surface area contributed by atoms with Crippen molar-refractivity contribution in [3.63, 3.8) is 0 Å². The lowest BCUT2D eigenvalue weighted by Gasteiger charge is -2.14. The van der Waals surface area contributed by atoms with E-state index in [1.165, 1.54) is 33.5 Å². The highest BCUT2D eigenvalue weighted by atomic mass is 32.1. The minimum absolute atomic E-state index is 0.149. The summed E-state index contributed by atoms with van der Waals surface area (Å²) in [5.74, 6) is -0.0923. The van der Waals surface area contributed by atoms with E-state index < -0.39 is 11.8 Å². The van der Waals surface area contributed by atoms with Crippen LogP contribution in [0.1, 0.15) is 25.7 Å². The van der Waals surface area contributed by atoms with Crippen molar-refractivity contribution in [2.45, 2.75) is 6.92 Å². The molecule has 0 unspecified atom stereocenters. The minimum Gasteiger partial charge on any atom is -0.493 e. The second kappa shape index (κ2) is 8.65. The fourth-order valence-electron chi connectivity index (χ4n) is 2.61. The summed E-state index contributed by atoms with van der Waals surface area (Å²) in [5.41, 5.74) is 5.78. The average molecular weight is 416 g/mol. The number of carbonyl (C=O) groups excluding carboxylic acids is 2. The SMILES string of the molecule is COc1cc(C(=O)NNC(=O)c2cc(-c3ccc(C)s3)[nH]n2)cc(OC)c1OC. The Balaban J connectivity index is 1.69. The Morgan fingerprint density at radius 1 is 0.966 bits per heavy atom. The van der Waals surface area contributed by atoms with Gasteiger partial charge >= 0.3 is 0 Å². The van der Waals surface area contributed by atoms with Crippen LogP contribution in [0.2, 0.25) is 0 Å². The third kappa shape index (κ3) is 4.32. The molecule has 1 aromatic carbocycles. The number of rotatable bonds is 6. The van der Waals surface area contributed by atoms with Crippen LogP contribution in [0.25, 0.3) is 10.6 Å². The van der Waals surface area contributed by atoms with Crippen LogP contribution in [0.15, 0.2) is 30.3 Å². The number of hydrogen-bond acceptors (Lipinski definition) is 7. The van der Waals surface area contributed by atoms with Crippen molar-refractivity contribution in [2.75, 3.05) is 21.3 Å². The quantitative estimate of drug-likeness (QED) is 0.532. The molecule has 0 atom stereocenters. The number of carbonyl (C=O) groups is 2. The first kappa shape index (κ1) is 20.2. The molecule has 0 aliphatic rings. The molecule has 3 N–H and O–H groups in total. The molecule has 0 bridgehead atoms. The molecule has 2 heterocycles. The van der Waals surface area contributed by atoms with Crippen molar-refractivity contribution in [1.29, 1.82) is 0 Å². The molecule has 3 rings (SSSR count). The first-order valence-electron chi connectivity index (χ1n) is 8.49. The molecule has 29 heavy (non-hydrogen) atoms. The molecule has 3 aromatic rings. The van der Waals surface area contributed by atoms with Gasteiger partial charge in [0.05, 0.1) is 31.9 Å². The molecule has 0 spiro atoms. The van der Waals surface area contributed by atoms with Gasteiger partial charge in [0.1, 0.15) is 0 Å². The number of aromatic amines is 1. The normalized spacial score (nSPS) is 10.3. The second-order valence-corrected chi connectivity index (χ2v) is 7.19. The number of hydrazine groups is 1. The van der Waals surface area contributed by atoms with Crippen LogP contribution in [0, 0.1) is 6.92 Å². The number of H-pyrrole nitrogens is 1. The third-order valence-electron chi connectivity index (χ3n) is 4.03. The monoisotopic (exact) mass is 416 g/mol. The maximum Gasteiger partial charge on any atom is 0.290 e. The molecule has 0 aliphatic heterocycles. The number of aryl methyl sites for hydroxylation is 1. The summed E-state index contributed by atoms with van der Waals surface area (Å²) in [5, 5.41) is 6.81. The van der Waals surface area contributed by atoms with Gasteiger partial charge in [-0.3, -0.25) is 25.5 Å². The number of ether oxygens (including phenoxy) is 3. The molecule has 2 amide bonds. The molecular weight excluding hydrogens is 396 g/mol. The van der Waals surface area contributed by atoms with Gasteiger partial charge in [-0.1, -0.05) is 0 Å². The smallest absolute Gasteiger partial charge is 0.290 e. The summed E-state index contributed by atoms with van der Waals surface area (Å²) in [6.45, 7) is 2.00. The minimum atomic E-state index is -0.554. The van der Waals surface area contributed by atoms with Crippen molar-refractivity contribution in [1.82, 2.24) is 21.0 Å². The number of methoxy groups -OCH3 is 3. The van der Waals surface area contributed by atoms with E-state index in [2.05, 4.69) is 21.0 Å². The molecule has 9 nitrogen and oxygen atoms in total. The average Bonchev–Trinajstić information content (AvgIpc) is 3.39. The van der Waals surface area contributed by atoms with Crippen molar-refractivity contribution in [3.8, 4) is 27.8 Å². The first-order chi connectivity index (χ1) is 14.0. The molecule has 152 valence electrons. The molecule has 0 aliphatic carbocycles. The van der Waals surface area contributed by atoms with Crippen molar-refractivity contribution in [3.05, 3.63) is 46.5 Å². The number of benzene rings is 1. The van der Waals surface area contributed by atoms with Crippen molar-refractivity contribution < 1.29 is 23.8 Å². The fraction of sp³-hybridized carbons (Fsp3) is 0.211. The molecular formula is C19H20N4O5S. The summed E-state index contributed by atoms with van der Waals surface area (Å²) in [6, 6.07) is 8.51. The van der Waals surface area contributed by atoms with E-state index in [1.807, 2.05) is 19.1 Å². The maximum atomic E-state index is 12.4. The van der Waals surface area contributed by atoms with E-state index in [0.717, 1.165) is 15.4 Å². The van der Waals surface area contributed by atoms with Crippen LogP contribution >= 0.6 is 11.3 Å². The lowest BCUT2D eigenvalue weighted by molar-refractivity contribution is 0.0843. The van der Waals surface area contributed by atoms with E-state index in [0.29, 0.717) is 17.2 Å². The van der Waals surface area contributed by atoms with Crippen LogP contribution < -0.4 is 25.1 Å². The lowest BCUT2D eigenvalue weighted by Crippen LogP contribution is -2.41. The fourth-order valence-corrected chi connectivity index (χ4v) is 3.44. The zero-order valence-electron chi connectivity index (χ0n) is 16.3. The van der Waals surface area contributed by atoms with Gasteiger partial charge in [-0.2, -0.15) is 5.10 Å². The Kier molecular flexibility index (Phi) is 6.03. The van der Waals surface area contributed by atoms with E-state index >= 15 is 0 Å². The predicted molar refractivity (Wildman–Crippen MR) is 108 cm³/mol. The highest BCUT2D eigenvalue weighted by Gasteiger charge is 2.18. The maximum absolute atomic E-state index is 12.4. The summed E-state index contributed by atoms with van der Waals surface area (Å²) in [6.07, 6.45) is 0. The first-order valence-corrected chi connectivity index (χ1v) is 9.31. The Morgan fingerprint density at radius 3 is 2.17 bits per heavy atom. The molecule has 0 saturated heterocycles. The van der Waals surface area contributed by atoms with Gasteiger partial charge in [-0.15, -0.1) is 11.3 Å². The number of hydrogen-bond donors (Lipinski definition) is 3. The van der Waals surface area contributed by atoms with E-state index in [4.69, 9.17) is 14.2 Å². The molecule has 10 heteroatoms. The Labute approximate surface area is 171 Å². The van der Waals surface area contributed by atoms with Crippen molar-refractivity contribution in [2.24, 2.45) is 0 Å². The molecule has 0 radical (unpaired) electrons. The van der Waals surface area contributed by atoms with Crippen LogP contribution in [-0.4, -0.2) is 43.3 Å². The summed E-state index contributed by atoms with van der Waals surface area (Å²) in [7, 11) is 4.37. The van der Waals surface area contributed by atoms with Gasteiger partial charge < -0.3 is 14.2 Å². The van der Waals surface area contributed by atoms with Crippen LogP contribution in [-0.2, 0) is 0 Å². The highest BCUT2D eigenvalue weighted by molar-refractivity contribution is 7.15. The van der Waals surface area contributed by atoms with Gasteiger partial charge in [0.15, 0.2) is 17.2 Å². The number of thiophene rings is 1. The third-order valence-corrected chi connectivity index (χ3v) is 5.07. The van der Waals surface area contributed by atoms with Crippen LogP contribution in [0.5, 0.6) is 17.2 Å². The van der Waals surface area contributed by atoms with Gasteiger partial charge in [0, 0.05) is 10.4 Å². The molecule has 2 aromatic heterocycles. The number of nitrogens with zero attached hydrogens (tertiary/aromatic N) is 1. The van der Waals surface area contributed by atoms with Crippen LogP contribution in [0.3, 0.4) is 0 Å². The standard InChI is InChI=1S/C19H20N4O5S/c1-10-5-6-16(29-10)12-9-13(21-20-12)19(25)23-22-18(24)11-7-14(26-2)17(28-4)15(8-11)27-3/h5-9H,1-4H3,(H,20,21)(H,22,24)(H,23,25).